The molecule has 0 aliphatic rings. The highest BCUT2D eigenvalue weighted by Crippen LogP contribution is 2.15. The fraction of sp³-hybridized carbons (Fsp3) is 0. The quantitative estimate of drug-likeness (QED) is 0.752. The second kappa shape index (κ2) is 3.83. The summed E-state index contributed by atoms with van der Waals surface area (Å²) >= 11 is 2.24. The van der Waals surface area contributed by atoms with Crippen molar-refractivity contribution in [2.75, 3.05) is 0 Å². The van der Waals surface area contributed by atoms with Crippen molar-refractivity contribution < 1.29 is 0 Å². The number of aromatic nitrogens is 2. The van der Waals surface area contributed by atoms with Crippen molar-refractivity contribution in [3.8, 4) is 11.3 Å². The third kappa shape index (κ3) is 2.03. The average molecular weight is 282 g/mol. The van der Waals surface area contributed by atoms with Crippen molar-refractivity contribution >= 4 is 22.6 Å². The molecular weight excluding hydrogens is 275 g/mol. The Kier molecular flexibility index (Phi) is 2.54. The molecule has 2 nitrogen and oxygen atoms in total. The molecule has 13 heavy (non-hydrogen) atoms. The first-order valence-electron chi connectivity index (χ1n) is 3.88. The Morgan fingerprint density at radius 2 is 2.00 bits per heavy atom. The van der Waals surface area contributed by atoms with Gasteiger partial charge in [-0.05, 0) is 46.9 Å². The lowest BCUT2D eigenvalue weighted by molar-refractivity contribution is 1.27. The van der Waals surface area contributed by atoms with E-state index in [1.165, 1.54) is 0 Å². The van der Waals surface area contributed by atoms with Crippen molar-refractivity contribution in [3.05, 3.63) is 46.4 Å². The van der Waals surface area contributed by atoms with E-state index in [0.717, 1.165) is 14.8 Å². The highest BCUT2D eigenvalue weighted by atomic mass is 127. The number of nitrogens with zero attached hydrogens (tertiary/aromatic N) is 2. The molecule has 0 N–H and O–H groups in total. The van der Waals surface area contributed by atoms with Gasteiger partial charge < -0.3 is 0 Å². The number of rotatable bonds is 1. The normalized spacial score (nSPS) is 9.92. The van der Waals surface area contributed by atoms with E-state index in [4.69, 9.17) is 0 Å². The molecule has 2 rings (SSSR count). The summed E-state index contributed by atoms with van der Waals surface area (Å²) in [6.45, 7) is 0. The molecule has 2 heterocycles. The molecule has 0 aliphatic heterocycles. The summed E-state index contributed by atoms with van der Waals surface area (Å²) in [5, 5.41) is 0. The van der Waals surface area contributed by atoms with E-state index in [1.807, 2.05) is 36.7 Å². The Morgan fingerprint density at radius 3 is 2.62 bits per heavy atom. The number of pyridine rings is 2. The van der Waals surface area contributed by atoms with Gasteiger partial charge in [-0.3, -0.25) is 9.97 Å². The molecule has 0 fully saturated rings. The maximum Gasteiger partial charge on any atom is 0.0718 e. The lowest BCUT2D eigenvalue weighted by Gasteiger charge is -1.98. The lowest BCUT2D eigenvalue weighted by Crippen LogP contribution is -1.83. The van der Waals surface area contributed by atoms with Gasteiger partial charge in [0, 0.05) is 27.7 Å². The maximum absolute atomic E-state index is 4.30. The van der Waals surface area contributed by atoms with Crippen LogP contribution in [0.5, 0.6) is 0 Å². The Labute approximate surface area is 90.2 Å². The SMILES string of the molecule is Ic1ccc(-c2cccnc2)nc1. The summed E-state index contributed by atoms with van der Waals surface area (Å²) in [6, 6.07) is 7.95. The van der Waals surface area contributed by atoms with E-state index < -0.39 is 0 Å². The molecule has 0 amide bonds. The van der Waals surface area contributed by atoms with Crippen molar-refractivity contribution in [2.24, 2.45) is 0 Å². The predicted molar refractivity (Wildman–Crippen MR) is 60.2 cm³/mol. The van der Waals surface area contributed by atoms with Gasteiger partial charge in [-0.25, -0.2) is 0 Å². The first-order chi connectivity index (χ1) is 6.36. The van der Waals surface area contributed by atoms with E-state index in [-0.39, 0.29) is 0 Å². The van der Waals surface area contributed by atoms with E-state index >= 15 is 0 Å². The maximum atomic E-state index is 4.30. The molecule has 0 spiro atoms. The number of hydrogen-bond acceptors (Lipinski definition) is 2. The molecular formula is C10H7IN2. The van der Waals surface area contributed by atoms with Crippen molar-refractivity contribution in [1.29, 1.82) is 0 Å². The molecule has 3 heteroatoms. The number of halogens is 1. The van der Waals surface area contributed by atoms with Crippen LogP contribution in [-0.2, 0) is 0 Å². The summed E-state index contributed by atoms with van der Waals surface area (Å²) < 4.78 is 1.14. The monoisotopic (exact) mass is 282 g/mol. The summed E-state index contributed by atoms with van der Waals surface area (Å²) in [5.74, 6) is 0. The predicted octanol–water partition coefficient (Wildman–Crippen LogP) is 2.75. The minimum absolute atomic E-state index is 0.966. The first-order valence-corrected chi connectivity index (χ1v) is 4.96. The van der Waals surface area contributed by atoms with Crippen LogP contribution < -0.4 is 0 Å². The zero-order chi connectivity index (χ0) is 9.10. The van der Waals surface area contributed by atoms with Crippen molar-refractivity contribution in [1.82, 2.24) is 9.97 Å². The largest absolute Gasteiger partial charge is 0.264 e. The number of hydrogen-bond donors (Lipinski definition) is 0. The second-order valence-corrected chi connectivity index (χ2v) is 3.85. The third-order valence-corrected chi connectivity index (χ3v) is 2.32. The molecule has 0 saturated carbocycles. The fourth-order valence-corrected chi connectivity index (χ4v) is 1.38. The Balaban J connectivity index is 2.42. The summed E-state index contributed by atoms with van der Waals surface area (Å²) in [5.41, 5.74) is 2.02. The molecule has 0 bridgehead atoms. The van der Waals surface area contributed by atoms with Gasteiger partial charge in [0.25, 0.3) is 0 Å². The molecule has 2 aromatic heterocycles. The van der Waals surface area contributed by atoms with Gasteiger partial charge in [0.05, 0.1) is 5.69 Å². The lowest BCUT2D eigenvalue weighted by atomic mass is 10.2. The molecule has 0 saturated heterocycles. The van der Waals surface area contributed by atoms with Crippen LogP contribution in [-0.4, -0.2) is 9.97 Å². The van der Waals surface area contributed by atoms with Gasteiger partial charge in [0.2, 0.25) is 0 Å². The minimum atomic E-state index is 0.966. The zero-order valence-corrected chi connectivity index (χ0v) is 8.97. The Hall–Kier alpha value is -0.970. The highest BCUT2D eigenvalue weighted by Gasteiger charge is 1.96. The first kappa shape index (κ1) is 8.62. The van der Waals surface area contributed by atoms with Crippen LogP contribution in [0.3, 0.4) is 0 Å². The molecule has 0 radical (unpaired) electrons. The van der Waals surface area contributed by atoms with Crippen LogP contribution in [0.2, 0.25) is 0 Å². The second-order valence-electron chi connectivity index (χ2n) is 2.60. The molecule has 64 valence electrons. The topological polar surface area (TPSA) is 25.8 Å². The van der Waals surface area contributed by atoms with Crippen LogP contribution in [0, 0.1) is 3.57 Å². The minimum Gasteiger partial charge on any atom is -0.264 e. The van der Waals surface area contributed by atoms with Gasteiger partial charge in [-0.2, -0.15) is 0 Å². The highest BCUT2D eigenvalue weighted by molar-refractivity contribution is 14.1. The summed E-state index contributed by atoms with van der Waals surface area (Å²) in [7, 11) is 0. The van der Waals surface area contributed by atoms with Gasteiger partial charge in [0.15, 0.2) is 0 Å². The summed E-state index contributed by atoms with van der Waals surface area (Å²) in [4.78, 5) is 8.34. The van der Waals surface area contributed by atoms with Gasteiger partial charge in [0.1, 0.15) is 0 Å². The van der Waals surface area contributed by atoms with Crippen LogP contribution in [0.25, 0.3) is 11.3 Å². The van der Waals surface area contributed by atoms with E-state index in [2.05, 4.69) is 32.6 Å². The van der Waals surface area contributed by atoms with Gasteiger partial charge >= 0.3 is 0 Å². The third-order valence-electron chi connectivity index (χ3n) is 1.68. The average Bonchev–Trinajstić information content (AvgIpc) is 2.20. The smallest absolute Gasteiger partial charge is 0.0718 e. The Morgan fingerprint density at radius 1 is 1.08 bits per heavy atom. The van der Waals surface area contributed by atoms with E-state index in [1.54, 1.807) is 6.20 Å². The fourth-order valence-electron chi connectivity index (χ4n) is 1.06. The molecule has 0 aliphatic carbocycles. The Bertz CT molecular complexity index is 383. The van der Waals surface area contributed by atoms with Crippen molar-refractivity contribution in [2.45, 2.75) is 0 Å². The van der Waals surface area contributed by atoms with Gasteiger partial charge in [-0.15, -0.1) is 0 Å². The molecule has 0 atom stereocenters. The van der Waals surface area contributed by atoms with Gasteiger partial charge in [-0.1, -0.05) is 0 Å². The van der Waals surface area contributed by atoms with Crippen molar-refractivity contribution in [3.63, 3.8) is 0 Å². The van der Waals surface area contributed by atoms with Crippen LogP contribution in [0.4, 0.5) is 0 Å². The van der Waals surface area contributed by atoms with Crippen LogP contribution >= 0.6 is 22.6 Å². The van der Waals surface area contributed by atoms with E-state index in [0.29, 0.717) is 0 Å². The van der Waals surface area contributed by atoms with E-state index in [9.17, 15) is 0 Å². The van der Waals surface area contributed by atoms with Crippen LogP contribution in [0.1, 0.15) is 0 Å². The van der Waals surface area contributed by atoms with Crippen LogP contribution in [0.15, 0.2) is 42.9 Å². The standard InChI is InChI=1S/C10H7IN2/c11-9-3-4-10(13-7-9)8-2-1-5-12-6-8/h1-7H. The molecule has 0 aromatic carbocycles. The molecule has 2 aromatic rings. The summed E-state index contributed by atoms with van der Waals surface area (Å²) in [6.07, 6.45) is 5.42. The molecule has 0 unspecified atom stereocenters. The zero-order valence-electron chi connectivity index (χ0n) is 6.81.